The van der Waals surface area contributed by atoms with E-state index in [1.165, 1.54) is 10.1 Å². The Labute approximate surface area is 103 Å². The number of hydrogen-bond donors (Lipinski definition) is 0. The molecule has 1 aromatic rings. The van der Waals surface area contributed by atoms with Crippen LogP contribution in [0.2, 0.25) is 4.55 Å². The zero-order valence-corrected chi connectivity index (χ0v) is 11.5. The molecular weight excluding hydrogens is 305 g/mol. The maximum atomic E-state index is 10.4. The molecule has 5 heteroatoms. The van der Waals surface area contributed by atoms with Crippen LogP contribution in [-0.4, -0.2) is 21.4 Å². The summed E-state index contributed by atoms with van der Waals surface area (Å²) in [6, 6.07) is 6.90. The summed E-state index contributed by atoms with van der Waals surface area (Å²) in [5.41, 5.74) is 1.38. The summed E-state index contributed by atoms with van der Waals surface area (Å²) in [7, 11) is 0. The first kappa shape index (κ1) is 12.2. The maximum Gasteiger partial charge on any atom is 0.464 e. The quantitative estimate of drug-likeness (QED) is 0.371. The summed E-state index contributed by atoms with van der Waals surface area (Å²) in [5, 5.41) is 10.4. The summed E-state index contributed by atoms with van der Waals surface area (Å²) in [4.78, 5) is 10.1. The lowest BCUT2D eigenvalue weighted by molar-refractivity contribution is -0.384. The molecule has 72 valence electrons. The molecule has 0 N–H and O–H groups in total. The van der Waals surface area contributed by atoms with E-state index in [2.05, 4.69) is 25.8 Å². The lowest BCUT2D eigenvalue weighted by Gasteiger charge is -2.08. The third-order valence-electron chi connectivity index (χ3n) is 2.22. The molecular formula is C9H10IMgNO2. The zero-order chi connectivity index (χ0) is 10.6. The highest BCUT2D eigenvalue weighted by atomic mass is 127. The Bertz CT molecular complexity index is 315. The van der Waals surface area contributed by atoms with Gasteiger partial charge in [-0.3, -0.25) is 10.1 Å². The molecule has 0 bridgehead atoms. The fourth-order valence-electron chi connectivity index (χ4n) is 1.25. The largest absolute Gasteiger partial charge is 0.464 e. The normalized spacial score (nSPS) is 11.9. The van der Waals surface area contributed by atoms with Crippen molar-refractivity contribution in [3.63, 3.8) is 0 Å². The molecule has 0 heterocycles. The number of halogens is 1. The topological polar surface area (TPSA) is 43.1 Å². The van der Waals surface area contributed by atoms with Gasteiger partial charge >= 0.3 is 16.5 Å². The molecule has 0 saturated carbocycles. The number of nitrogens with zero attached hydrogens (tertiary/aromatic N) is 1. The molecule has 0 aliphatic carbocycles. The van der Waals surface area contributed by atoms with Crippen LogP contribution in [0.1, 0.15) is 18.4 Å². The lowest BCUT2D eigenvalue weighted by Crippen LogP contribution is -1.95. The molecule has 0 spiro atoms. The van der Waals surface area contributed by atoms with Gasteiger partial charge in [-0.1, -0.05) is 19.1 Å². The third-order valence-corrected chi connectivity index (χ3v) is 5.17. The Morgan fingerprint density at radius 1 is 1.50 bits per heavy atom. The fourth-order valence-corrected chi connectivity index (χ4v) is 4.72. The van der Waals surface area contributed by atoms with Crippen molar-refractivity contribution in [2.45, 2.75) is 17.4 Å². The Hall–Kier alpha value is 0.116. The van der Waals surface area contributed by atoms with Crippen LogP contribution in [0.5, 0.6) is 0 Å². The van der Waals surface area contributed by atoms with Crippen molar-refractivity contribution < 1.29 is 4.92 Å². The van der Waals surface area contributed by atoms with Crippen LogP contribution in [0.25, 0.3) is 0 Å². The van der Waals surface area contributed by atoms with Gasteiger partial charge in [0.1, 0.15) is 0 Å². The highest BCUT2D eigenvalue weighted by Crippen LogP contribution is 2.22. The van der Waals surface area contributed by atoms with E-state index < -0.39 is 0 Å². The molecule has 0 aliphatic heterocycles. The minimum absolute atomic E-state index is 0.0335. The Kier molecular flexibility index (Phi) is 5.11. The number of non-ortho nitro benzene ring substituents is 1. The predicted molar refractivity (Wildman–Crippen MR) is 66.1 cm³/mol. The lowest BCUT2D eigenvalue weighted by atomic mass is 10.0. The molecule has 0 fully saturated rings. The van der Waals surface area contributed by atoms with Gasteiger partial charge in [0, 0.05) is 12.1 Å². The molecule has 0 aliphatic rings. The summed E-state index contributed by atoms with van der Waals surface area (Å²) in [6.07, 6.45) is 0. The van der Waals surface area contributed by atoms with Crippen LogP contribution in [0.4, 0.5) is 5.69 Å². The minimum atomic E-state index is -0.360. The Morgan fingerprint density at radius 3 is 2.50 bits per heavy atom. The average molecular weight is 315 g/mol. The molecule has 1 unspecified atom stereocenters. The molecule has 1 atom stereocenters. The molecule has 1 aromatic carbocycles. The number of nitro benzene ring substituents is 1. The van der Waals surface area contributed by atoms with E-state index in [1.54, 1.807) is 12.1 Å². The second-order valence-corrected chi connectivity index (χ2v) is 7.42. The van der Waals surface area contributed by atoms with Gasteiger partial charge in [0.25, 0.3) is 5.69 Å². The first-order chi connectivity index (χ1) is 6.65. The van der Waals surface area contributed by atoms with Gasteiger partial charge < -0.3 is 18.9 Å². The zero-order valence-electron chi connectivity index (χ0n) is 7.94. The van der Waals surface area contributed by atoms with E-state index in [0.29, 0.717) is 5.92 Å². The summed E-state index contributed by atoms with van der Waals surface area (Å²) < 4.78 is 1.25. The van der Waals surface area contributed by atoms with Crippen LogP contribution < -0.4 is 0 Å². The third kappa shape index (κ3) is 3.36. The van der Waals surface area contributed by atoms with E-state index in [9.17, 15) is 10.1 Å². The summed E-state index contributed by atoms with van der Waals surface area (Å²) in [6.45, 7) is 2.17. The number of rotatable bonds is 4. The predicted octanol–water partition coefficient (Wildman–Crippen LogP) is 3.17. The van der Waals surface area contributed by atoms with Crippen LogP contribution in [0.3, 0.4) is 0 Å². The Morgan fingerprint density at radius 2 is 2.07 bits per heavy atom. The van der Waals surface area contributed by atoms with E-state index in [-0.39, 0.29) is 27.1 Å². The monoisotopic (exact) mass is 315 g/mol. The molecule has 0 aromatic heterocycles. The first-order valence-corrected chi connectivity index (χ1v) is 10.6. The molecule has 14 heavy (non-hydrogen) atoms. The van der Waals surface area contributed by atoms with Crippen molar-refractivity contribution in [3.8, 4) is 0 Å². The van der Waals surface area contributed by atoms with Crippen molar-refractivity contribution in [2.24, 2.45) is 0 Å². The van der Waals surface area contributed by atoms with Crippen molar-refractivity contribution in [1.29, 1.82) is 0 Å². The van der Waals surface area contributed by atoms with Crippen LogP contribution in [0.15, 0.2) is 24.3 Å². The molecule has 0 saturated heterocycles. The van der Waals surface area contributed by atoms with Crippen LogP contribution >= 0.6 is 18.9 Å². The summed E-state index contributed by atoms with van der Waals surface area (Å²) in [5.74, 6) is 0.541. The smallest absolute Gasteiger partial charge is 0.301 e. The standard InChI is InChI=1S/C9H10NO2.HI.Mg/c1-7(2)8-3-5-9(6-4-8)10(11)12;;/h3-7H,1H2,2H3;1H;/q;;+1/p-1. The molecule has 0 radical (unpaired) electrons. The van der Waals surface area contributed by atoms with Gasteiger partial charge in [-0.25, -0.2) is 0 Å². The van der Waals surface area contributed by atoms with Gasteiger partial charge in [0.15, 0.2) is 0 Å². The van der Waals surface area contributed by atoms with Gasteiger partial charge in [-0.15, -0.1) is 4.55 Å². The number of hydrogen-bond acceptors (Lipinski definition) is 2. The molecule has 0 amide bonds. The van der Waals surface area contributed by atoms with Crippen molar-refractivity contribution in [3.05, 3.63) is 39.9 Å². The van der Waals surface area contributed by atoms with Gasteiger partial charge in [0.05, 0.1) is 4.92 Å². The summed E-state index contributed by atoms with van der Waals surface area (Å²) >= 11 is 2.51. The minimum Gasteiger partial charge on any atom is -0.301 e. The van der Waals surface area contributed by atoms with Gasteiger partial charge in [-0.05, 0) is 11.5 Å². The average Bonchev–Trinajstić information content (AvgIpc) is 2.18. The van der Waals surface area contributed by atoms with Gasteiger partial charge in [-0.2, -0.15) is 0 Å². The number of nitro groups is 1. The van der Waals surface area contributed by atoms with Gasteiger partial charge in [0.2, 0.25) is 0 Å². The van der Waals surface area contributed by atoms with E-state index >= 15 is 0 Å². The van der Waals surface area contributed by atoms with Crippen LogP contribution in [0, 0.1) is 10.1 Å². The SMILES string of the molecule is CC([CH2][Mg][I])c1ccc([N+](=O)[O-])cc1. The second-order valence-electron chi connectivity index (χ2n) is 3.23. The fraction of sp³-hybridized carbons (Fsp3) is 0.333. The second kappa shape index (κ2) is 5.87. The highest BCUT2D eigenvalue weighted by Gasteiger charge is 2.08. The maximum absolute atomic E-state index is 10.4. The highest BCUT2D eigenvalue weighted by molar-refractivity contribution is 14.1. The molecule has 1 rings (SSSR count). The number of benzene rings is 1. The molecule has 3 nitrogen and oxygen atoms in total. The van der Waals surface area contributed by atoms with E-state index in [4.69, 9.17) is 0 Å². The van der Waals surface area contributed by atoms with Crippen molar-refractivity contribution in [2.75, 3.05) is 0 Å². The Balaban J connectivity index is 2.77. The van der Waals surface area contributed by atoms with Crippen molar-refractivity contribution >= 4 is 41.0 Å². The van der Waals surface area contributed by atoms with E-state index in [1.807, 2.05) is 12.1 Å². The van der Waals surface area contributed by atoms with Crippen molar-refractivity contribution in [1.82, 2.24) is 0 Å². The van der Waals surface area contributed by atoms with E-state index in [0.717, 1.165) is 0 Å². The van der Waals surface area contributed by atoms with Crippen LogP contribution in [-0.2, 0) is 0 Å². The first-order valence-electron chi connectivity index (χ1n) is 4.45.